The van der Waals surface area contributed by atoms with Crippen molar-refractivity contribution in [1.29, 1.82) is 0 Å². The zero-order chi connectivity index (χ0) is 22.9. The van der Waals surface area contributed by atoms with E-state index in [-0.39, 0.29) is 11.7 Å². The molecule has 1 unspecified atom stereocenters. The number of hydrogen-bond donors (Lipinski definition) is 5. The zero-order valence-electron chi connectivity index (χ0n) is 17.9. The van der Waals surface area contributed by atoms with Crippen LogP contribution in [-0.2, 0) is 21.7 Å². The molecular weight excluding hydrogens is 416 g/mol. The second kappa shape index (κ2) is 9.44. The van der Waals surface area contributed by atoms with Crippen molar-refractivity contribution in [3.63, 3.8) is 0 Å². The molecule has 0 bridgehead atoms. The van der Waals surface area contributed by atoms with E-state index in [1.54, 1.807) is 18.2 Å². The fourth-order valence-corrected chi connectivity index (χ4v) is 4.18. The number of aliphatic hydroxyl groups excluding tert-OH is 4. The summed E-state index contributed by atoms with van der Waals surface area (Å²) in [5, 5.41) is 51.1. The maximum absolute atomic E-state index is 11.1. The highest BCUT2D eigenvalue weighted by molar-refractivity contribution is 5.39. The Hall–Kier alpha value is -2.04. The molecule has 2 saturated heterocycles. The van der Waals surface area contributed by atoms with Gasteiger partial charge in [-0.3, -0.25) is 0 Å². The molecule has 2 aliphatic rings. The quantitative estimate of drug-likeness (QED) is 0.431. The van der Waals surface area contributed by atoms with E-state index in [0.717, 1.165) is 35.5 Å². The minimum atomic E-state index is -2.27. The van der Waals surface area contributed by atoms with Crippen molar-refractivity contribution in [3.8, 4) is 5.75 Å². The molecule has 6 atom stereocenters. The topological polar surface area (TPSA) is 129 Å². The maximum atomic E-state index is 11.1. The summed E-state index contributed by atoms with van der Waals surface area (Å²) in [5.41, 5.74) is 3.13. The molecule has 5 N–H and O–H groups in total. The molecule has 174 valence electrons. The molecular formula is C24H30O8. The lowest BCUT2D eigenvalue weighted by Crippen LogP contribution is -2.63. The molecule has 2 aliphatic heterocycles. The van der Waals surface area contributed by atoms with E-state index in [2.05, 4.69) is 0 Å². The average molecular weight is 446 g/mol. The number of aliphatic hydroxyl groups is 5. The van der Waals surface area contributed by atoms with Crippen LogP contribution < -0.4 is 4.74 Å². The Kier molecular flexibility index (Phi) is 6.83. The van der Waals surface area contributed by atoms with Crippen LogP contribution in [0.1, 0.15) is 28.7 Å². The molecule has 0 radical (unpaired) electrons. The smallest absolute Gasteiger partial charge is 0.222 e. The highest BCUT2D eigenvalue weighted by Gasteiger charge is 2.53. The monoisotopic (exact) mass is 446 g/mol. The Morgan fingerprint density at radius 1 is 1.06 bits per heavy atom. The molecule has 2 fully saturated rings. The Balaban J connectivity index is 1.53. The molecule has 8 heteroatoms. The van der Waals surface area contributed by atoms with Crippen LogP contribution >= 0.6 is 0 Å². The van der Waals surface area contributed by atoms with Crippen LogP contribution in [0.2, 0.25) is 0 Å². The highest BCUT2D eigenvalue weighted by atomic mass is 16.7. The summed E-state index contributed by atoms with van der Waals surface area (Å²) in [6, 6.07) is 12.9. The summed E-state index contributed by atoms with van der Waals surface area (Å²) >= 11 is 0. The summed E-state index contributed by atoms with van der Waals surface area (Å²) in [4.78, 5) is 0. The second-order valence-corrected chi connectivity index (χ2v) is 8.53. The van der Waals surface area contributed by atoms with Crippen LogP contribution in [0.15, 0.2) is 42.5 Å². The Morgan fingerprint density at radius 3 is 2.47 bits per heavy atom. The van der Waals surface area contributed by atoms with Gasteiger partial charge < -0.3 is 39.7 Å². The van der Waals surface area contributed by atoms with E-state index in [4.69, 9.17) is 14.2 Å². The predicted octanol–water partition coefficient (Wildman–Crippen LogP) is 0.372. The SMILES string of the molecule is Cc1ccc([C@@]2(O)O[C@H](CO)[C@@H](O)[C@H](O)[C@H]2O)cc1Cc1ccc(OC2CCOC2)cc1. The molecule has 0 spiro atoms. The summed E-state index contributed by atoms with van der Waals surface area (Å²) in [6.07, 6.45) is -4.68. The van der Waals surface area contributed by atoms with Crippen LogP contribution in [0.25, 0.3) is 0 Å². The third-order valence-corrected chi connectivity index (χ3v) is 6.24. The summed E-state index contributed by atoms with van der Waals surface area (Å²) in [6.45, 7) is 2.65. The van der Waals surface area contributed by atoms with E-state index in [0.29, 0.717) is 13.0 Å². The van der Waals surface area contributed by atoms with E-state index in [1.165, 1.54) is 0 Å². The highest BCUT2D eigenvalue weighted by Crippen LogP contribution is 2.37. The largest absolute Gasteiger partial charge is 0.488 e. The van der Waals surface area contributed by atoms with Crippen LogP contribution in [0.3, 0.4) is 0 Å². The van der Waals surface area contributed by atoms with Gasteiger partial charge in [-0.05, 0) is 48.2 Å². The van der Waals surface area contributed by atoms with Gasteiger partial charge in [0.25, 0.3) is 0 Å². The third kappa shape index (κ3) is 4.53. The first-order valence-corrected chi connectivity index (χ1v) is 10.8. The maximum Gasteiger partial charge on any atom is 0.222 e. The van der Waals surface area contributed by atoms with Gasteiger partial charge in [-0.1, -0.05) is 24.3 Å². The number of aryl methyl sites for hydroxylation is 1. The van der Waals surface area contributed by atoms with Crippen molar-refractivity contribution < 1.29 is 39.7 Å². The molecule has 0 aliphatic carbocycles. The van der Waals surface area contributed by atoms with Gasteiger partial charge in [0, 0.05) is 12.0 Å². The van der Waals surface area contributed by atoms with Crippen molar-refractivity contribution >= 4 is 0 Å². The van der Waals surface area contributed by atoms with E-state index in [1.807, 2.05) is 31.2 Å². The van der Waals surface area contributed by atoms with E-state index < -0.39 is 36.8 Å². The molecule has 0 saturated carbocycles. The second-order valence-electron chi connectivity index (χ2n) is 8.53. The lowest BCUT2D eigenvalue weighted by molar-refractivity contribution is -0.357. The molecule has 32 heavy (non-hydrogen) atoms. The van der Waals surface area contributed by atoms with Gasteiger partial charge in [-0.25, -0.2) is 0 Å². The van der Waals surface area contributed by atoms with E-state index in [9.17, 15) is 25.5 Å². The van der Waals surface area contributed by atoms with Crippen LogP contribution in [0.4, 0.5) is 0 Å². The third-order valence-electron chi connectivity index (χ3n) is 6.24. The minimum absolute atomic E-state index is 0.0825. The first-order chi connectivity index (χ1) is 15.3. The Labute approximate surface area is 186 Å². The Morgan fingerprint density at radius 2 is 1.81 bits per heavy atom. The molecule has 8 nitrogen and oxygen atoms in total. The molecule has 2 aromatic carbocycles. The summed E-state index contributed by atoms with van der Waals surface area (Å²) in [5.74, 6) is -1.49. The first-order valence-electron chi connectivity index (χ1n) is 10.8. The molecule has 4 rings (SSSR count). The summed E-state index contributed by atoms with van der Waals surface area (Å²) < 4.78 is 16.7. The summed E-state index contributed by atoms with van der Waals surface area (Å²) in [7, 11) is 0. The van der Waals surface area contributed by atoms with Gasteiger partial charge in [0.1, 0.15) is 36.3 Å². The first kappa shape index (κ1) is 23.1. The van der Waals surface area contributed by atoms with Gasteiger partial charge in [-0.2, -0.15) is 0 Å². The average Bonchev–Trinajstić information content (AvgIpc) is 3.30. The fraction of sp³-hybridized carbons (Fsp3) is 0.500. The van der Waals surface area contributed by atoms with Gasteiger partial charge in [0.15, 0.2) is 0 Å². The van der Waals surface area contributed by atoms with Crippen LogP contribution in [0.5, 0.6) is 5.75 Å². The van der Waals surface area contributed by atoms with Crippen molar-refractivity contribution in [2.75, 3.05) is 19.8 Å². The zero-order valence-corrected chi connectivity index (χ0v) is 17.9. The fourth-order valence-electron chi connectivity index (χ4n) is 4.18. The van der Waals surface area contributed by atoms with E-state index >= 15 is 0 Å². The Bertz CT molecular complexity index is 909. The molecule has 0 amide bonds. The number of benzene rings is 2. The normalized spacial score (nSPS) is 32.8. The number of hydrogen-bond acceptors (Lipinski definition) is 8. The number of ether oxygens (including phenoxy) is 3. The molecule has 2 aromatic rings. The minimum Gasteiger partial charge on any atom is -0.488 e. The van der Waals surface area contributed by atoms with Crippen molar-refractivity contribution in [1.82, 2.24) is 0 Å². The standard InChI is InChI=1S/C24H30O8/c1-14-2-5-17(24(29)23(28)22(27)21(26)20(12-25)32-24)11-16(14)10-15-3-6-18(7-4-15)31-19-8-9-30-13-19/h2-7,11,19-23,25-29H,8-10,12-13H2,1H3/t19?,20-,21-,22+,23-,24-/m1/s1. The lowest BCUT2D eigenvalue weighted by Gasteiger charge is -2.45. The van der Waals surface area contributed by atoms with Gasteiger partial charge in [0.05, 0.1) is 19.8 Å². The van der Waals surface area contributed by atoms with Gasteiger partial charge in [-0.15, -0.1) is 0 Å². The van der Waals surface area contributed by atoms with Crippen LogP contribution in [-0.4, -0.2) is 75.9 Å². The lowest BCUT2D eigenvalue weighted by atomic mass is 9.86. The van der Waals surface area contributed by atoms with Gasteiger partial charge in [0.2, 0.25) is 5.79 Å². The molecule has 2 heterocycles. The predicted molar refractivity (Wildman–Crippen MR) is 114 cm³/mol. The van der Waals surface area contributed by atoms with Crippen LogP contribution in [0, 0.1) is 6.92 Å². The van der Waals surface area contributed by atoms with Crippen molar-refractivity contribution in [3.05, 3.63) is 64.7 Å². The van der Waals surface area contributed by atoms with Gasteiger partial charge >= 0.3 is 0 Å². The number of rotatable bonds is 6. The molecule has 0 aromatic heterocycles. The van der Waals surface area contributed by atoms with Crippen molar-refractivity contribution in [2.24, 2.45) is 0 Å². The van der Waals surface area contributed by atoms with Crippen molar-refractivity contribution in [2.45, 2.75) is 56.1 Å².